The molecule has 158 valence electrons. The normalized spacial score (nSPS) is 15.5. The molecular formula is C22H33N5O2. The molecule has 1 aliphatic rings. The van der Waals surface area contributed by atoms with E-state index in [1.54, 1.807) is 0 Å². The Labute approximate surface area is 173 Å². The highest BCUT2D eigenvalue weighted by atomic mass is 16.5. The molecule has 1 fully saturated rings. The van der Waals surface area contributed by atoms with Crippen molar-refractivity contribution < 1.29 is 9.26 Å². The lowest BCUT2D eigenvalue weighted by atomic mass is 10.1. The Morgan fingerprint density at radius 3 is 2.59 bits per heavy atom. The van der Waals surface area contributed by atoms with Crippen LogP contribution in [0.2, 0.25) is 0 Å². The van der Waals surface area contributed by atoms with E-state index < -0.39 is 0 Å². The summed E-state index contributed by atoms with van der Waals surface area (Å²) in [6, 6.07) is 8.58. The van der Waals surface area contributed by atoms with Crippen LogP contribution in [0.25, 0.3) is 0 Å². The molecule has 1 aromatic carbocycles. The van der Waals surface area contributed by atoms with Gasteiger partial charge < -0.3 is 19.9 Å². The number of benzene rings is 1. The smallest absolute Gasteiger partial charge is 0.191 e. The molecule has 1 saturated heterocycles. The van der Waals surface area contributed by atoms with Crippen LogP contribution in [-0.4, -0.2) is 55.4 Å². The van der Waals surface area contributed by atoms with Crippen LogP contribution in [0.1, 0.15) is 35.1 Å². The van der Waals surface area contributed by atoms with E-state index in [0.29, 0.717) is 6.54 Å². The number of aliphatic imine (C=N–C) groups is 1. The van der Waals surface area contributed by atoms with Gasteiger partial charge in [0.05, 0.1) is 25.5 Å². The molecule has 1 aliphatic heterocycles. The summed E-state index contributed by atoms with van der Waals surface area (Å²) < 4.78 is 10.7. The van der Waals surface area contributed by atoms with Gasteiger partial charge in [0.15, 0.2) is 5.96 Å². The summed E-state index contributed by atoms with van der Waals surface area (Å²) in [5.41, 5.74) is 4.74. The molecule has 0 atom stereocenters. The highest BCUT2D eigenvalue weighted by Gasteiger charge is 2.13. The van der Waals surface area contributed by atoms with E-state index in [4.69, 9.17) is 14.3 Å². The molecule has 7 nitrogen and oxygen atoms in total. The number of aromatic nitrogens is 1. The molecule has 2 N–H and O–H groups in total. The number of nitrogens with zero attached hydrogens (tertiary/aromatic N) is 3. The molecule has 29 heavy (non-hydrogen) atoms. The lowest BCUT2D eigenvalue weighted by Gasteiger charge is -2.27. The number of hydrogen-bond acceptors (Lipinski definition) is 5. The number of rotatable bonds is 8. The molecule has 0 unspecified atom stereocenters. The second kappa shape index (κ2) is 11.0. The highest BCUT2D eigenvalue weighted by Crippen LogP contribution is 2.14. The SMILES string of the molecule is CCNC(=NCc1ccccc1CN1CCOCC1)NCCc1c(C)noc1C. The summed E-state index contributed by atoms with van der Waals surface area (Å²) in [4.78, 5) is 7.26. The van der Waals surface area contributed by atoms with Gasteiger partial charge in [-0.05, 0) is 38.3 Å². The highest BCUT2D eigenvalue weighted by molar-refractivity contribution is 5.79. The summed E-state index contributed by atoms with van der Waals surface area (Å²) >= 11 is 0. The predicted octanol–water partition coefficient (Wildman–Crippen LogP) is 2.42. The average molecular weight is 400 g/mol. The van der Waals surface area contributed by atoms with Gasteiger partial charge in [-0.1, -0.05) is 29.4 Å². The molecule has 1 aromatic heterocycles. The topological polar surface area (TPSA) is 74.9 Å². The van der Waals surface area contributed by atoms with Gasteiger partial charge in [0.2, 0.25) is 0 Å². The number of ether oxygens (including phenoxy) is 1. The largest absolute Gasteiger partial charge is 0.379 e. The third-order valence-corrected chi connectivity index (χ3v) is 5.22. The Kier molecular flexibility index (Phi) is 8.07. The van der Waals surface area contributed by atoms with E-state index in [1.807, 2.05) is 13.8 Å². The molecule has 0 amide bonds. The van der Waals surface area contributed by atoms with Crippen molar-refractivity contribution >= 4 is 5.96 Å². The third-order valence-electron chi connectivity index (χ3n) is 5.22. The molecular weight excluding hydrogens is 366 g/mol. The quantitative estimate of drug-likeness (QED) is 0.525. The Morgan fingerprint density at radius 1 is 1.14 bits per heavy atom. The number of morpholine rings is 1. The maximum atomic E-state index is 5.46. The zero-order valence-electron chi connectivity index (χ0n) is 17.8. The van der Waals surface area contributed by atoms with Gasteiger partial charge in [0.25, 0.3) is 0 Å². The first-order chi connectivity index (χ1) is 14.2. The summed E-state index contributed by atoms with van der Waals surface area (Å²) in [7, 11) is 0. The zero-order valence-corrected chi connectivity index (χ0v) is 17.8. The molecule has 3 rings (SSSR count). The molecule has 0 saturated carbocycles. The standard InChI is InChI=1S/C22H33N5O2/c1-4-23-22(24-10-9-21-17(2)26-29-18(21)3)25-15-19-7-5-6-8-20(19)16-27-11-13-28-14-12-27/h5-8H,4,9-16H2,1-3H3,(H2,23,24,25). The Bertz CT molecular complexity index is 777. The van der Waals surface area contributed by atoms with Crippen LogP contribution in [0.4, 0.5) is 0 Å². The minimum absolute atomic E-state index is 0.654. The number of hydrogen-bond donors (Lipinski definition) is 2. The van der Waals surface area contributed by atoms with Gasteiger partial charge in [-0.25, -0.2) is 4.99 Å². The van der Waals surface area contributed by atoms with Gasteiger partial charge in [0, 0.05) is 38.3 Å². The lowest BCUT2D eigenvalue weighted by molar-refractivity contribution is 0.0341. The fourth-order valence-electron chi connectivity index (χ4n) is 3.54. The van der Waals surface area contributed by atoms with E-state index in [1.165, 1.54) is 16.7 Å². The van der Waals surface area contributed by atoms with Crippen molar-refractivity contribution in [1.82, 2.24) is 20.7 Å². The van der Waals surface area contributed by atoms with Gasteiger partial charge in [-0.15, -0.1) is 0 Å². The first-order valence-corrected chi connectivity index (χ1v) is 10.5. The maximum absolute atomic E-state index is 5.46. The maximum Gasteiger partial charge on any atom is 0.191 e. The monoisotopic (exact) mass is 399 g/mol. The number of guanidine groups is 1. The summed E-state index contributed by atoms with van der Waals surface area (Å²) in [6.45, 7) is 12.9. The minimum Gasteiger partial charge on any atom is -0.379 e. The van der Waals surface area contributed by atoms with Gasteiger partial charge in [0.1, 0.15) is 5.76 Å². The number of aryl methyl sites for hydroxylation is 2. The Balaban J connectivity index is 1.59. The van der Waals surface area contributed by atoms with Crippen LogP contribution in [0.15, 0.2) is 33.8 Å². The molecule has 0 aliphatic carbocycles. The summed E-state index contributed by atoms with van der Waals surface area (Å²) in [5.74, 6) is 1.73. The van der Waals surface area contributed by atoms with E-state index in [2.05, 4.69) is 51.9 Å². The Hall–Kier alpha value is -2.38. The molecule has 7 heteroatoms. The molecule has 2 aromatic rings. The van der Waals surface area contributed by atoms with Crippen LogP contribution in [0.5, 0.6) is 0 Å². The van der Waals surface area contributed by atoms with Crippen molar-refractivity contribution in [3.63, 3.8) is 0 Å². The second-order valence-electron chi connectivity index (χ2n) is 7.33. The molecule has 0 bridgehead atoms. The molecule has 0 spiro atoms. The van der Waals surface area contributed by atoms with Crippen LogP contribution < -0.4 is 10.6 Å². The zero-order chi connectivity index (χ0) is 20.5. The average Bonchev–Trinajstić information content (AvgIpc) is 3.06. The van der Waals surface area contributed by atoms with Crippen molar-refractivity contribution in [2.45, 2.75) is 40.3 Å². The van der Waals surface area contributed by atoms with Gasteiger partial charge in [-0.3, -0.25) is 4.90 Å². The Morgan fingerprint density at radius 2 is 1.90 bits per heavy atom. The van der Waals surface area contributed by atoms with E-state index in [0.717, 1.165) is 69.8 Å². The van der Waals surface area contributed by atoms with Crippen molar-refractivity contribution in [3.05, 3.63) is 52.4 Å². The van der Waals surface area contributed by atoms with Gasteiger partial charge >= 0.3 is 0 Å². The van der Waals surface area contributed by atoms with Crippen LogP contribution in [0, 0.1) is 13.8 Å². The third kappa shape index (κ3) is 6.30. The van der Waals surface area contributed by atoms with Crippen LogP contribution in [-0.2, 0) is 24.2 Å². The number of nitrogens with one attached hydrogen (secondary N) is 2. The van der Waals surface area contributed by atoms with Crippen molar-refractivity contribution in [3.8, 4) is 0 Å². The first-order valence-electron chi connectivity index (χ1n) is 10.5. The van der Waals surface area contributed by atoms with Crippen LogP contribution in [0.3, 0.4) is 0 Å². The fraction of sp³-hybridized carbons (Fsp3) is 0.545. The first kappa shape index (κ1) is 21.3. The summed E-state index contributed by atoms with van der Waals surface area (Å²) in [6.07, 6.45) is 0.860. The minimum atomic E-state index is 0.654. The van der Waals surface area contributed by atoms with Crippen LogP contribution >= 0.6 is 0 Å². The predicted molar refractivity (Wildman–Crippen MR) is 115 cm³/mol. The molecule has 0 radical (unpaired) electrons. The van der Waals surface area contributed by atoms with E-state index in [9.17, 15) is 0 Å². The van der Waals surface area contributed by atoms with E-state index >= 15 is 0 Å². The van der Waals surface area contributed by atoms with Gasteiger partial charge in [-0.2, -0.15) is 0 Å². The second-order valence-corrected chi connectivity index (χ2v) is 7.33. The van der Waals surface area contributed by atoms with E-state index in [-0.39, 0.29) is 0 Å². The summed E-state index contributed by atoms with van der Waals surface area (Å²) in [5, 5.41) is 10.8. The van der Waals surface area contributed by atoms with Crippen molar-refractivity contribution in [2.75, 3.05) is 39.4 Å². The van der Waals surface area contributed by atoms with Crippen molar-refractivity contribution in [1.29, 1.82) is 0 Å². The fourth-order valence-corrected chi connectivity index (χ4v) is 3.54. The lowest BCUT2D eigenvalue weighted by Crippen LogP contribution is -2.38. The molecule has 2 heterocycles. The van der Waals surface area contributed by atoms with Crippen molar-refractivity contribution in [2.24, 2.45) is 4.99 Å².